The number of hydrogen-bond donors (Lipinski definition) is 0. The molecule has 0 N–H and O–H groups in total. The maximum absolute atomic E-state index is 5.23. The summed E-state index contributed by atoms with van der Waals surface area (Å²) in [5.74, 6) is 0.834. The summed E-state index contributed by atoms with van der Waals surface area (Å²) in [5.41, 5.74) is 3.37. The second-order valence-electron chi connectivity index (χ2n) is 6.33. The molecule has 0 unspecified atom stereocenters. The fraction of sp³-hybridized carbons (Fsp3) is 0.130. The second-order valence-corrected chi connectivity index (χ2v) is 8.11. The number of ether oxygens (including phenoxy) is 1. The SMILES string of the molecule is COc1ccc(/C=N\n2c(-c3cccs3)csc2=NCCc2ccccc2)cc1. The number of methoxy groups -OCH3 is 1. The minimum absolute atomic E-state index is 0.729. The number of thiophene rings is 1. The van der Waals surface area contributed by atoms with Gasteiger partial charge in [-0.3, -0.25) is 4.99 Å². The highest BCUT2D eigenvalue weighted by Crippen LogP contribution is 2.25. The molecule has 0 saturated heterocycles. The van der Waals surface area contributed by atoms with Crippen molar-refractivity contribution < 1.29 is 4.74 Å². The molecule has 0 aliphatic carbocycles. The Kier molecular flexibility index (Phi) is 6.34. The first-order chi connectivity index (χ1) is 14.3. The molecule has 0 amide bonds. The zero-order valence-corrected chi connectivity index (χ0v) is 17.7. The first kappa shape index (κ1) is 19.4. The zero-order chi connectivity index (χ0) is 19.9. The van der Waals surface area contributed by atoms with Gasteiger partial charge in [-0.15, -0.1) is 22.7 Å². The molecule has 0 aliphatic heterocycles. The van der Waals surface area contributed by atoms with E-state index in [-0.39, 0.29) is 0 Å². The van der Waals surface area contributed by atoms with E-state index in [4.69, 9.17) is 14.8 Å². The number of thiazole rings is 1. The van der Waals surface area contributed by atoms with Crippen LogP contribution >= 0.6 is 22.7 Å². The molecule has 4 nitrogen and oxygen atoms in total. The van der Waals surface area contributed by atoms with Crippen LogP contribution in [0.4, 0.5) is 0 Å². The highest BCUT2D eigenvalue weighted by molar-refractivity contribution is 7.14. The van der Waals surface area contributed by atoms with Crippen LogP contribution in [0.5, 0.6) is 5.75 Å². The van der Waals surface area contributed by atoms with Gasteiger partial charge in [0.2, 0.25) is 4.80 Å². The maximum Gasteiger partial charge on any atom is 0.206 e. The third-order valence-electron chi connectivity index (χ3n) is 4.39. The Morgan fingerprint density at radius 2 is 1.79 bits per heavy atom. The van der Waals surface area contributed by atoms with E-state index in [0.29, 0.717) is 0 Å². The topological polar surface area (TPSA) is 38.9 Å². The summed E-state index contributed by atoms with van der Waals surface area (Å²) >= 11 is 3.32. The Morgan fingerprint density at radius 1 is 0.966 bits per heavy atom. The monoisotopic (exact) mass is 419 g/mol. The molecule has 146 valence electrons. The normalized spacial score (nSPS) is 12.0. The molecule has 0 spiro atoms. The lowest BCUT2D eigenvalue weighted by Crippen LogP contribution is -2.13. The Bertz CT molecular complexity index is 1130. The molecule has 29 heavy (non-hydrogen) atoms. The number of rotatable bonds is 7. The van der Waals surface area contributed by atoms with Gasteiger partial charge in [-0.05, 0) is 53.3 Å². The Hall–Kier alpha value is -2.96. The molecule has 0 aliphatic rings. The lowest BCUT2D eigenvalue weighted by atomic mass is 10.2. The van der Waals surface area contributed by atoms with E-state index >= 15 is 0 Å². The van der Waals surface area contributed by atoms with Gasteiger partial charge < -0.3 is 4.74 Å². The smallest absolute Gasteiger partial charge is 0.206 e. The average molecular weight is 420 g/mol. The van der Waals surface area contributed by atoms with Crippen molar-refractivity contribution in [3.63, 3.8) is 0 Å². The third kappa shape index (κ3) is 4.91. The zero-order valence-electron chi connectivity index (χ0n) is 16.1. The summed E-state index contributed by atoms with van der Waals surface area (Å²) in [6.07, 6.45) is 2.77. The summed E-state index contributed by atoms with van der Waals surface area (Å²) in [6.45, 7) is 0.729. The molecule has 4 aromatic rings. The molecule has 6 heteroatoms. The van der Waals surface area contributed by atoms with Gasteiger partial charge in [-0.2, -0.15) is 5.10 Å². The minimum Gasteiger partial charge on any atom is -0.497 e. The van der Waals surface area contributed by atoms with E-state index in [9.17, 15) is 0 Å². The van der Waals surface area contributed by atoms with E-state index in [2.05, 4.69) is 47.2 Å². The Labute approximate surface area is 178 Å². The van der Waals surface area contributed by atoms with Crippen LogP contribution < -0.4 is 9.54 Å². The molecule has 2 heterocycles. The van der Waals surface area contributed by atoms with E-state index < -0.39 is 0 Å². The molecule has 0 radical (unpaired) electrons. The lowest BCUT2D eigenvalue weighted by molar-refractivity contribution is 0.415. The minimum atomic E-state index is 0.729. The number of benzene rings is 2. The van der Waals surface area contributed by atoms with Gasteiger partial charge in [0, 0.05) is 11.9 Å². The highest BCUT2D eigenvalue weighted by atomic mass is 32.1. The van der Waals surface area contributed by atoms with E-state index in [1.165, 1.54) is 10.4 Å². The van der Waals surface area contributed by atoms with Crippen molar-refractivity contribution in [2.45, 2.75) is 6.42 Å². The van der Waals surface area contributed by atoms with Crippen molar-refractivity contribution in [3.05, 3.63) is 93.4 Å². The molecular formula is C23H21N3OS2. The van der Waals surface area contributed by atoms with Crippen molar-refractivity contribution in [1.82, 2.24) is 4.68 Å². The second kappa shape index (κ2) is 9.49. The van der Waals surface area contributed by atoms with Gasteiger partial charge in [0.1, 0.15) is 5.75 Å². The first-order valence-electron chi connectivity index (χ1n) is 9.31. The van der Waals surface area contributed by atoms with Crippen molar-refractivity contribution >= 4 is 28.9 Å². The molecule has 4 rings (SSSR count). The summed E-state index contributed by atoms with van der Waals surface area (Å²) in [4.78, 5) is 6.90. The number of nitrogens with zero attached hydrogens (tertiary/aromatic N) is 3. The molecule has 2 aromatic heterocycles. The van der Waals surface area contributed by atoms with E-state index in [0.717, 1.165) is 34.8 Å². The predicted molar refractivity (Wildman–Crippen MR) is 122 cm³/mol. The van der Waals surface area contributed by atoms with Crippen LogP contribution in [0, 0.1) is 0 Å². The number of hydrogen-bond acceptors (Lipinski definition) is 5. The third-order valence-corrected chi connectivity index (χ3v) is 6.13. The van der Waals surface area contributed by atoms with Gasteiger partial charge in [-0.1, -0.05) is 36.4 Å². The van der Waals surface area contributed by atoms with Gasteiger partial charge in [0.05, 0.1) is 23.9 Å². The molecule has 0 saturated carbocycles. The fourth-order valence-electron chi connectivity index (χ4n) is 2.85. The molecule has 2 aromatic carbocycles. The average Bonchev–Trinajstić information content (AvgIpc) is 3.43. The standard InChI is InChI=1S/C23H21N3OS2/c1-27-20-11-9-19(10-12-20)16-25-26-21(22-8-5-15-28-22)17-29-23(26)24-14-13-18-6-3-2-4-7-18/h2-12,15-17H,13-14H2,1H3/b24-23?,25-16-. The maximum atomic E-state index is 5.23. The van der Waals surface area contributed by atoms with Crippen molar-refractivity contribution in [1.29, 1.82) is 0 Å². The number of aromatic nitrogens is 1. The summed E-state index contributed by atoms with van der Waals surface area (Å²) in [6, 6.07) is 22.5. The van der Waals surface area contributed by atoms with Crippen LogP contribution in [0.3, 0.4) is 0 Å². The van der Waals surface area contributed by atoms with Crippen LogP contribution in [0.15, 0.2) is 87.6 Å². The largest absolute Gasteiger partial charge is 0.497 e. The van der Waals surface area contributed by atoms with Gasteiger partial charge >= 0.3 is 0 Å². The Morgan fingerprint density at radius 3 is 2.52 bits per heavy atom. The molecule has 0 bridgehead atoms. The Balaban J connectivity index is 1.63. The van der Waals surface area contributed by atoms with E-state index in [1.807, 2.05) is 41.2 Å². The summed E-state index contributed by atoms with van der Waals surface area (Å²) < 4.78 is 7.16. The van der Waals surface area contributed by atoms with Gasteiger partial charge in [0.15, 0.2) is 0 Å². The first-order valence-corrected chi connectivity index (χ1v) is 11.1. The van der Waals surface area contributed by atoms with Crippen molar-refractivity contribution in [2.75, 3.05) is 13.7 Å². The molecule has 0 atom stereocenters. The predicted octanol–water partition coefficient (Wildman–Crippen LogP) is 5.31. The molecular weight excluding hydrogens is 398 g/mol. The summed E-state index contributed by atoms with van der Waals surface area (Å²) in [5, 5.41) is 8.95. The van der Waals surface area contributed by atoms with Crippen LogP contribution in [-0.2, 0) is 6.42 Å². The van der Waals surface area contributed by atoms with Gasteiger partial charge in [0.25, 0.3) is 0 Å². The van der Waals surface area contributed by atoms with E-state index in [1.54, 1.807) is 29.8 Å². The van der Waals surface area contributed by atoms with Crippen molar-refractivity contribution in [2.24, 2.45) is 10.1 Å². The van der Waals surface area contributed by atoms with Crippen LogP contribution in [-0.4, -0.2) is 24.5 Å². The van der Waals surface area contributed by atoms with Crippen molar-refractivity contribution in [3.8, 4) is 16.3 Å². The van der Waals surface area contributed by atoms with Crippen LogP contribution in [0.1, 0.15) is 11.1 Å². The van der Waals surface area contributed by atoms with Crippen LogP contribution in [0.25, 0.3) is 10.6 Å². The quantitative estimate of drug-likeness (QED) is 0.374. The fourth-order valence-corrected chi connectivity index (χ4v) is 4.51. The van der Waals surface area contributed by atoms with Gasteiger partial charge in [-0.25, -0.2) is 4.68 Å². The summed E-state index contributed by atoms with van der Waals surface area (Å²) in [7, 11) is 1.67. The highest BCUT2D eigenvalue weighted by Gasteiger charge is 2.08. The lowest BCUT2D eigenvalue weighted by Gasteiger charge is -2.02. The van der Waals surface area contributed by atoms with Crippen LogP contribution in [0.2, 0.25) is 0 Å². The molecule has 0 fully saturated rings.